The summed E-state index contributed by atoms with van der Waals surface area (Å²) in [5.74, 6) is 5.16. The number of hydrogen-bond acceptors (Lipinski definition) is 4. The van der Waals surface area contributed by atoms with Crippen LogP contribution in [0.1, 0.15) is 27.0 Å². The van der Waals surface area contributed by atoms with Gasteiger partial charge in [-0.25, -0.2) is 0 Å². The Labute approximate surface area is 123 Å². The molecule has 106 valence electrons. The van der Waals surface area contributed by atoms with Crippen LogP contribution >= 0.6 is 0 Å². The highest BCUT2D eigenvalue weighted by atomic mass is 16.1. The van der Waals surface area contributed by atoms with E-state index in [1.54, 1.807) is 30.3 Å². The molecule has 2 aromatic carbocycles. The maximum atomic E-state index is 12.4. The number of amides is 1. The van der Waals surface area contributed by atoms with Crippen LogP contribution in [-0.4, -0.2) is 5.91 Å². The molecule has 4 N–H and O–H groups in total. The second kappa shape index (κ2) is 6.07. The van der Waals surface area contributed by atoms with Gasteiger partial charge in [-0.2, -0.15) is 5.26 Å². The van der Waals surface area contributed by atoms with Crippen molar-refractivity contribution in [2.24, 2.45) is 5.84 Å². The van der Waals surface area contributed by atoms with Crippen molar-refractivity contribution < 1.29 is 4.79 Å². The van der Waals surface area contributed by atoms with E-state index in [-0.39, 0.29) is 5.91 Å². The predicted molar refractivity (Wildman–Crippen MR) is 82.8 cm³/mol. The highest BCUT2D eigenvalue weighted by molar-refractivity contribution is 6.08. The van der Waals surface area contributed by atoms with Gasteiger partial charge >= 0.3 is 0 Å². The van der Waals surface area contributed by atoms with E-state index in [0.29, 0.717) is 22.5 Å². The number of nitrogens with two attached hydrogens (primary N) is 1. The Morgan fingerprint density at radius 1 is 1.14 bits per heavy atom. The van der Waals surface area contributed by atoms with Gasteiger partial charge in [0.1, 0.15) is 0 Å². The summed E-state index contributed by atoms with van der Waals surface area (Å²) >= 11 is 0. The zero-order valence-electron chi connectivity index (χ0n) is 11.9. The number of hydrazine groups is 1. The number of anilines is 2. The first-order valence-electron chi connectivity index (χ1n) is 6.44. The molecule has 1 amide bonds. The first-order valence-corrected chi connectivity index (χ1v) is 6.44. The number of rotatable bonds is 3. The van der Waals surface area contributed by atoms with Gasteiger partial charge in [0, 0.05) is 5.69 Å². The average Bonchev–Trinajstić information content (AvgIpc) is 2.49. The Bertz CT molecular complexity index is 732. The molecule has 0 aromatic heterocycles. The van der Waals surface area contributed by atoms with E-state index in [9.17, 15) is 4.79 Å². The van der Waals surface area contributed by atoms with Crippen molar-refractivity contribution in [2.45, 2.75) is 13.8 Å². The van der Waals surface area contributed by atoms with Gasteiger partial charge in [-0.05, 0) is 43.7 Å². The van der Waals surface area contributed by atoms with Crippen molar-refractivity contribution in [3.05, 3.63) is 58.7 Å². The minimum absolute atomic E-state index is 0.273. The molecule has 2 aromatic rings. The molecule has 0 saturated heterocycles. The molecule has 0 aliphatic carbocycles. The number of nitriles is 1. The lowest BCUT2D eigenvalue weighted by molar-refractivity contribution is 0.102. The third-order valence-electron chi connectivity index (χ3n) is 3.19. The Kier molecular flexibility index (Phi) is 4.21. The molecule has 2 rings (SSSR count). The van der Waals surface area contributed by atoms with Crippen LogP contribution in [0.5, 0.6) is 0 Å². The van der Waals surface area contributed by atoms with Crippen molar-refractivity contribution in [1.82, 2.24) is 0 Å². The fourth-order valence-electron chi connectivity index (χ4n) is 1.99. The molecular weight excluding hydrogens is 264 g/mol. The molecule has 0 spiro atoms. The molecule has 0 heterocycles. The maximum absolute atomic E-state index is 12.4. The topological polar surface area (TPSA) is 90.9 Å². The average molecular weight is 280 g/mol. The van der Waals surface area contributed by atoms with Crippen LogP contribution in [0.3, 0.4) is 0 Å². The molecule has 0 fully saturated rings. The second-order valence-corrected chi connectivity index (χ2v) is 4.79. The van der Waals surface area contributed by atoms with Crippen LogP contribution < -0.4 is 16.6 Å². The SMILES string of the molecule is Cc1ccc(NN)c(C(=O)Nc2cc(C#N)ccc2C)c1. The van der Waals surface area contributed by atoms with Gasteiger partial charge in [0.2, 0.25) is 0 Å². The number of nitrogens with one attached hydrogen (secondary N) is 2. The second-order valence-electron chi connectivity index (χ2n) is 4.79. The summed E-state index contributed by atoms with van der Waals surface area (Å²) in [5, 5.41) is 11.8. The van der Waals surface area contributed by atoms with Crippen LogP contribution in [0.4, 0.5) is 11.4 Å². The summed E-state index contributed by atoms with van der Waals surface area (Å²) in [5.41, 5.74) is 6.48. The van der Waals surface area contributed by atoms with Crippen molar-refractivity contribution in [2.75, 3.05) is 10.7 Å². The lowest BCUT2D eigenvalue weighted by Gasteiger charge is -2.12. The fourth-order valence-corrected chi connectivity index (χ4v) is 1.99. The monoisotopic (exact) mass is 280 g/mol. The Morgan fingerprint density at radius 3 is 2.57 bits per heavy atom. The third-order valence-corrected chi connectivity index (χ3v) is 3.19. The quantitative estimate of drug-likeness (QED) is 0.595. The molecule has 0 atom stereocenters. The fraction of sp³-hybridized carbons (Fsp3) is 0.125. The van der Waals surface area contributed by atoms with Crippen LogP contribution in [0, 0.1) is 25.2 Å². The molecule has 5 nitrogen and oxygen atoms in total. The third kappa shape index (κ3) is 3.19. The summed E-state index contributed by atoms with van der Waals surface area (Å²) in [6.07, 6.45) is 0. The van der Waals surface area contributed by atoms with E-state index in [2.05, 4.69) is 16.8 Å². The number of carbonyl (C=O) groups excluding carboxylic acids is 1. The van der Waals surface area contributed by atoms with E-state index in [1.807, 2.05) is 19.9 Å². The van der Waals surface area contributed by atoms with Gasteiger partial charge in [-0.1, -0.05) is 17.7 Å². The molecule has 0 radical (unpaired) electrons. The normalized spacial score (nSPS) is 9.81. The molecule has 5 heteroatoms. The van der Waals surface area contributed by atoms with Crippen LogP contribution in [0.2, 0.25) is 0 Å². The standard InChI is InChI=1S/C16H16N4O/c1-10-3-6-14(20-18)13(7-10)16(21)19-15-8-12(9-17)5-4-11(15)2/h3-8,20H,18H2,1-2H3,(H,19,21). The number of nitrogen functional groups attached to an aromatic ring is 1. The van der Waals surface area contributed by atoms with Crippen LogP contribution in [-0.2, 0) is 0 Å². The van der Waals surface area contributed by atoms with E-state index in [1.165, 1.54) is 0 Å². The largest absolute Gasteiger partial charge is 0.323 e. The molecule has 0 aliphatic heterocycles. The lowest BCUT2D eigenvalue weighted by Crippen LogP contribution is -2.18. The first kappa shape index (κ1) is 14.6. The first-order chi connectivity index (χ1) is 10.0. The van der Waals surface area contributed by atoms with E-state index >= 15 is 0 Å². The van der Waals surface area contributed by atoms with E-state index in [0.717, 1.165) is 11.1 Å². The minimum Gasteiger partial charge on any atom is -0.323 e. The summed E-state index contributed by atoms with van der Waals surface area (Å²) in [6, 6.07) is 12.6. The Morgan fingerprint density at radius 2 is 1.90 bits per heavy atom. The zero-order valence-corrected chi connectivity index (χ0v) is 11.9. The summed E-state index contributed by atoms with van der Waals surface area (Å²) in [6.45, 7) is 3.77. The maximum Gasteiger partial charge on any atom is 0.257 e. The molecule has 0 unspecified atom stereocenters. The van der Waals surface area contributed by atoms with Gasteiger partial charge in [0.25, 0.3) is 5.91 Å². The number of aryl methyl sites for hydroxylation is 2. The summed E-state index contributed by atoms with van der Waals surface area (Å²) < 4.78 is 0. The van der Waals surface area contributed by atoms with Crippen molar-refractivity contribution in [1.29, 1.82) is 5.26 Å². The van der Waals surface area contributed by atoms with Gasteiger partial charge in [-0.3, -0.25) is 10.6 Å². The van der Waals surface area contributed by atoms with Crippen molar-refractivity contribution >= 4 is 17.3 Å². The zero-order chi connectivity index (χ0) is 15.4. The van der Waals surface area contributed by atoms with E-state index < -0.39 is 0 Å². The predicted octanol–water partition coefficient (Wildman–Crippen LogP) is 2.71. The van der Waals surface area contributed by atoms with Gasteiger partial charge in [0.05, 0.1) is 22.9 Å². The lowest BCUT2D eigenvalue weighted by atomic mass is 10.1. The van der Waals surface area contributed by atoms with Crippen LogP contribution in [0.25, 0.3) is 0 Å². The van der Waals surface area contributed by atoms with Crippen molar-refractivity contribution in [3.63, 3.8) is 0 Å². The van der Waals surface area contributed by atoms with Gasteiger partial charge < -0.3 is 10.7 Å². The molecule has 0 bridgehead atoms. The molecular formula is C16H16N4O. The number of nitrogens with zero attached hydrogens (tertiary/aromatic N) is 1. The molecule has 21 heavy (non-hydrogen) atoms. The van der Waals surface area contributed by atoms with Gasteiger partial charge in [0.15, 0.2) is 0 Å². The van der Waals surface area contributed by atoms with Crippen LogP contribution in [0.15, 0.2) is 36.4 Å². The Balaban J connectivity index is 2.35. The number of carbonyl (C=O) groups is 1. The highest BCUT2D eigenvalue weighted by Crippen LogP contribution is 2.21. The summed E-state index contributed by atoms with van der Waals surface area (Å²) in [4.78, 5) is 12.4. The van der Waals surface area contributed by atoms with Gasteiger partial charge in [-0.15, -0.1) is 0 Å². The Hall–Kier alpha value is -2.84. The van der Waals surface area contributed by atoms with Crippen molar-refractivity contribution in [3.8, 4) is 6.07 Å². The minimum atomic E-state index is -0.273. The number of hydrogen-bond donors (Lipinski definition) is 3. The highest BCUT2D eigenvalue weighted by Gasteiger charge is 2.13. The van der Waals surface area contributed by atoms with E-state index in [4.69, 9.17) is 11.1 Å². The summed E-state index contributed by atoms with van der Waals surface area (Å²) in [7, 11) is 0. The smallest absolute Gasteiger partial charge is 0.257 e. The molecule has 0 aliphatic rings. The molecule has 0 saturated carbocycles. The number of benzene rings is 2.